The summed E-state index contributed by atoms with van der Waals surface area (Å²) in [5.74, 6) is 0.0810. The summed E-state index contributed by atoms with van der Waals surface area (Å²) < 4.78 is 0. The van der Waals surface area contributed by atoms with Crippen molar-refractivity contribution < 1.29 is 4.79 Å². The molecule has 4 heteroatoms. The summed E-state index contributed by atoms with van der Waals surface area (Å²) in [6.45, 7) is 0.465. The highest BCUT2D eigenvalue weighted by molar-refractivity contribution is 5.82. The van der Waals surface area contributed by atoms with Crippen LogP contribution in [0.2, 0.25) is 0 Å². The number of amides is 1. The van der Waals surface area contributed by atoms with Gasteiger partial charge in [0.05, 0.1) is 5.41 Å². The van der Waals surface area contributed by atoms with Crippen LogP contribution < -0.4 is 11.2 Å². The fraction of sp³-hybridized carbons (Fsp3) is 0.889. The molecule has 0 aliphatic heterocycles. The molecule has 0 radical (unpaired) electrons. The Morgan fingerprint density at radius 1 is 1.46 bits per heavy atom. The summed E-state index contributed by atoms with van der Waals surface area (Å²) in [6, 6.07) is 0. The zero-order chi connectivity index (χ0) is 9.90. The number of hydrogen-bond donors (Lipinski definition) is 2. The van der Waals surface area contributed by atoms with Crippen LogP contribution in [0.1, 0.15) is 25.7 Å². The van der Waals surface area contributed by atoms with Crippen LogP contribution in [0.15, 0.2) is 0 Å². The van der Waals surface area contributed by atoms with Gasteiger partial charge in [0.15, 0.2) is 0 Å². The third kappa shape index (κ3) is 2.19. The first-order valence-electron chi connectivity index (χ1n) is 4.79. The summed E-state index contributed by atoms with van der Waals surface area (Å²) in [4.78, 5) is 11.8. The van der Waals surface area contributed by atoms with Crippen molar-refractivity contribution in [2.24, 2.45) is 11.1 Å². The number of rotatable bonds is 3. The first kappa shape index (κ1) is 10.5. The molecule has 0 spiro atoms. The van der Waals surface area contributed by atoms with E-state index in [0.717, 1.165) is 25.7 Å². The topological polar surface area (TPSA) is 58.4 Å². The van der Waals surface area contributed by atoms with Gasteiger partial charge in [-0.3, -0.25) is 10.2 Å². The molecule has 13 heavy (non-hydrogen) atoms. The molecule has 1 rings (SSSR count). The van der Waals surface area contributed by atoms with Gasteiger partial charge in [-0.1, -0.05) is 12.8 Å². The number of nitrogens with zero attached hydrogens (tertiary/aromatic N) is 1. The van der Waals surface area contributed by atoms with Crippen LogP contribution in [0.5, 0.6) is 0 Å². The molecular weight excluding hydrogens is 166 g/mol. The summed E-state index contributed by atoms with van der Waals surface area (Å²) >= 11 is 0. The SMILES string of the molecule is CN(C)NC(=O)C1(CN)CCCC1. The maximum Gasteiger partial charge on any atom is 0.241 e. The maximum atomic E-state index is 11.8. The molecule has 0 aromatic rings. The molecule has 0 aromatic carbocycles. The van der Waals surface area contributed by atoms with Crippen molar-refractivity contribution in [1.29, 1.82) is 0 Å². The highest BCUT2D eigenvalue weighted by Gasteiger charge is 2.39. The fourth-order valence-corrected chi connectivity index (χ4v) is 1.90. The highest BCUT2D eigenvalue weighted by atomic mass is 16.2. The van der Waals surface area contributed by atoms with Crippen molar-refractivity contribution in [3.05, 3.63) is 0 Å². The van der Waals surface area contributed by atoms with Crippen molar-refractivity contribution in [1.82, 2.24) is 10.4 Å². The molecule has 0 aromatic heterocycles. The first-order chi connectivity index (χ1) is 6.10. The summed E-state index contributed by atoms with van der Waals surface area (Å²) in [6.07, 6.45) is 4.11. The molecule has 0 bridgehead atoms. The van der Waals surface area contributed by atoms with E-state index in [-0.39, 0.29) is 11.3 Å². The van der Waals surface area contributed by atoms with Gasteiger partial charge in [-0.2, -0.15) is 0 Å². The molecular formula is C9H19N3O. The Morgan fingerprint density at radius 3 is 2.38 bits per heavy atom. The minimum atomic E-state index is -0.287. The molecule has 1 fully saturated rings. The quantitative estimate of drug-likeness (QED) is 0.613. The fourth-order valence-electron chi connectivity index (χ4n) is 1.90. The van der Waals surface area contributed by atoms with E-state index in [0.29, 0.717) is 6.54 Å². The van der Waals surface area contributed by atoms with E-state index in [4.69, 9.17) is 5.73 Å². The highest BCUT2D eigenvalue weighted by Crippen LogP contribution is 2.37. The standard InChI is InChI=1S/C9H19N3O/c1-12(2)11-8(13)9(7-10)5-3-4-6-9/h3-7,10H2,1-2H3,(H,11,13). The van der Waals surface area contributed by atoms with Gasteiger partial charge >= 0.3 is 0 Å². The second-order valence-corrected chi connectivity index (χ2v) is 4.03. The lowest BCUT2D eigenvalue weighted by molar-refractivity contribution is -0.134. The third-order valence-electron chi connectivity index (χ3n) is 2.76. The first-order valence-corrected chi connectivity index (χ1v) is 4.79. The second kappa shape index (κ2) is 4.07. The summed E-state index contributed by atoms with van der Waals surface area (Å²) in [5.41, 5.74) is 8.17. The molecule has 4 nitrogen and oxygen atoms in total. The van der Waals surface area contributed by atoms with E-state index in [1.54, 1.807) is 5.01 Å². The number of nitrogens with one attached hydrogen (secondary N) is 1. The molecule has 76 valence electrons. The molecule has 0 atom stereocenters. The van der Waals surface area contributed by atoms with Gasteiger partial charge in [0, 0.05) is 20.6 Å². The smallest absolute Gasteiger partial charge is 0.241 e. The van der Waals surface area contributed by atoms with E-state index in [1.165, 1.54) is 0 Å². The molecule has 0 unspecified atom stereocenters. The van der Waals surface area contributed by atoms with Crippen LogP contribution in [0.25, 0.3) is 0 Å². The minimum absolute atomic E-state index is 0.0810. The van der Waals surface area contributed by atoms with Crippen molar-refractivity contribution in [3.63, 3.8) is 0 Å². The van der Waals surface area contributed by atoms with Crippen LogP contribution in [0.4, 0.5) is 0 Å². The third-order valence-corrected chi connectivity index (χ3v) is 2.76. The predicted molar refractivity (Wildman–Crippen MR) is 51.8 cm³/mol. The van der Waals surface area contributed by atoms with Gasteiger partial charge in [0.25, 0.3) is 0 Å². The van der Waals surface area contributed by atoms with Crippen LogP contribution in [0, 0.1) is 5.41 Å². The van der Waals surface area contributed by atoms with Gasteiger partial charge in [0.1, 0.15) is 0 Å². The average molecular weight is 185 g/mol. The van der Waals surface area contributed by atoms with Crippen molar-refractivity contribution in [3.8, 4) is 0 Å². The van der Waals surface area contributed by atoms with E-state index >= 15 is 0 Å². The summed E-state index contributed by atoms with van der Waals surface area (Å²) in [5, 5.41) is 1.68. The Kier molecular flexibility index (Phi) is 3.27. The lowest BCUT2D eigenvalue weighted by atomic mass is 9.85. The number of hydrogen-bond acceptors (Lipinski definition) is 3. The van der Waals surface area contributed by atoms with Crippen molar-refractivity contribution in [2.45, 2.75) is 25.7 Å². The molecule has 0 saturated heterocycles. The van der Waals surface area contributed by atoms with Crippen LogP contribution >= 0.6 is 0 Å². The lowest BCUT2D eigenvalue weighted by Gasteiger charge is -2.27. The van der Waals surface area contributed by atoms with E-state index < -0.39 is 0 Å². The van der Waals surface area contributed by atoms with Crippen LogP contribution in [-0.4, -0.2) is 31.6 Å². The zero-order valence-electron chi connectivity index (χ0n) is 8.47. The average Bonchev–Trinajstić information content (AvgIpc) is 2.51. The Balaban J connectivity index is 2.60. The molecule has 0 heterocycles. The van der Waals surface area contributed by atoms with Crippen molar-refractivity contribution >= 4 is 5.91 Å². The molecule has 1 saturated carbocycles. The van der Waals surface area contributed by atoms with E-state index in [2.05, 4.69) is 5.43 Å². The van der Waals surface area contributed by atoms with Crippen molar-refractivity contribution in [2.75, 3.05) is 20.6 Å². The van der Waals surface area contributed by atoms with Crippen LogP contribution in [0.3, 0.4) is 0 Å². The van der Waals surface area contributed by atoms with Gasteiger partial charge in [0.2, 0.25) is 5.91 Å². The molecule has 3 N–H and O–H groups in total. The Morgan fingerprint density at radius 2 is 2.00 bits per heavy atom. The van der Waals surface area contributed by atoms with E-state index in [9.17, 15) is 4.79 Å². The molecule has 1 aliphatic carbocycles. The summed E-state index contributed by atoms with van der Waals surface area (Å²) in [7, 11) is 3.63. The van der Waals surface area contributed by atoms with Crippen LogP contribution in [-0.2, 0) is 4.79 Å². The lowest BCUT2D eigenvalue weighted by Crippen LogP contribution is -2.48. The normalized spacial score (nSPS) is 20.6. The number of nitrogens with two attached hydrogens (primary N) is 1. The van der Waals surface area contributed by atoms with Gasteiger partial charge < -0.3 is 5.73 Å². The Hall–Kier alpha value is -0.610. The number of hydrazine groups is 1. The Labute approximate surface area is 79.4 Å². The van der Waals surface area contributed by atoms with E-state index in [1.807, 2.05) is 14.1 Å². The van der Waals surface area contributed by atoms with Gasteiger partial charge in [-0.15, -0.1) is 0 Å². The Bertz CT molecular complexity index is 185. The predicted octanol–water partition coefficient (Wildman–Crippen LogP) is 0.0983. The molecule has 1 aliphatic rings. The number of carbonyl (C=O) groups excluding carboxylic acids is 1. The van der Waals surface area contributed by atoms with Gasteiger partial charge in [-0.25, -0.2) is 5.01 Å². The monoisotopic (exact) mass is 185 g/mol. The number of carbonyl (C=O) groups is 1. The minimum Gasteiger partial charge on any atom is -0.329 e. The zero-order valence-corrected chi connectivity index (χ0v) is 8.47. The molecule has 1 amide bonds. The van der Waals surface area contributed by atoms with Gasteiger partial charge in [-0.05, 0) is 12.8 Å². The second-order valence-electron chi connectivity index (χ2n) is 4.03. The largest absolute Gasteiger partial charge is 0.329 e. The maximum absolute atomic E-state index is 11.8.